The predicted octanol–water partition coefficient (Wildman–Crippen LogP) is 7.77. The zero-order valence-electron chi connectivity index (χ0n) is 30.0. The maximum atomic E-state index is 6.34. The number of fused-ring (bicyclic) bond motifs is 1. The first-order chi connectivity index (χ1) is 23.0. The third kappa shape index (κ3) is 10.6. The van der Waals surface area contributed by atoms with Gasteiger partial charge in [-0.3, -0.25) is 4.98 Å². The van der Waals surface area contributed by atoms with Gasteiger partial charge in [0.1, 0.15) is 19.3 Å². The van der Waals surface area contributed by atoms with Gasteiger partial charge in [0.2, 0.25) is 0 Å². The van der Waals surface area contributed by atoms with Crippen molar-refractivity contribution >= 4 is 34.5 Å². The van der Waals surface area contributed by atoms with Crippen LogP contribution in [-0.4, -0.2) is 76.1 Å². The lowest BCUT2D eigenvalue weighted by atomic mass is 9.53. The fourth-order valence-corrected chi connectivity index (χ4v) is 7.59. The highest BCUT2D eigenvalue weighted by molar-refractivity contribution is 6.76. The molecule has 0 aliphatic carbocycles. The summed E-state index contributed by atoms with van der Waals surface area (Å²) >= 11 is 0. The van der Waals surface area contributed by atoms with Crippen LogP contribution in [-0.2, 0) is 20.5 Å². The Morgan fingerprint density at radius 3 is 2.12 bits per heavy atom. The third-order valence-corrected chi connectivity index (χ3v) is 12.5. The van der Waals surface area contributed by atoms with E-state index in [1.807, 2.05) is 35.1 Å². The molecule has 0 radical (unpaired) electrons. The SMILES string of the molecule is C[Si](C)(C)CCOCN(COCC[Si](C)(C)C)c1cc(CC2CCB(OCN)CC2)nc2c(-c3ccc(-c4ccccc4)nc3)cnn12. The summed E-state index contributed by atoms with van der Waals surface area (Å²) < 4.78 is 20.4. The molecule has 0 atom stereocenters. The van der Waals surface area contributed by atoms with E-state index >= 15 is 0 Å². The second-order valence-corrected chi connectivity index (χ2v) is 26.9. The lowest BCUT2D eigenvalue weighted by molar-refractivity contribution is 0.0942. The number of benzene rings is 1. The molecular formula is C36H55BN6O3Si2. The summed E-state index contributed by atoms with van der Waals surface area (Å²) in [7, 11) is -2.46. The Balaban J connectivity index is 1.47. The molecule has 48 heavy (non-hydrogen) atoms. The van der Waals surface area contributed by atoms with Crippen LogP contribution in [0.4, 0.5) is 5.82 Å². The van der Waals surface area contributed by atoms with Gasteiger partial charge in [0.05, 0.1) is 18.6 Å². The van der Waals surface area contributed by atoms with Crippen molar-refractivity contribution < 1.29 is 14.1 Å². The largest absolute Gasteiger partial charge is 0.424 e. The van der Waals surface area contributed by atoms with Crippen molar-refractivity contribution in [2.75, 3.05) is 38.3 Å². The minimum Gasteiger partial charge on any atom is -0.424 e. The smallest absolute Gasteiger partial charge is 0.294 e. The van der Waals surface area contributed by atoms with Crippen LogP contribution in [0.2, 0.25) is 64.0 Å². The Hall–Kier alpha value is -2.87. The summed E-state index contributed by atoms with van der Waals surface area (Å²) in [5.74, 6) is 1.48. The first kappa shape index (κ1) is 36.4. The Bertz CT molecular complexity index is 1550. The molecule has 2 N–H and O–H groups in total. The molecule has 0 amide bonds. The number of ether oxygens (including phenoxy) is 2. The quantitative estimate of drug-likeness (QED) is 0.0684. The summed E-state index contributed by atoms with van der Waals surface area (Å²) in [4.78, 5) is 12.3. The molecule has 0 bridgehead atoms. The van der Waals surface area contributed by atoms with Gasteiger partial charge in [-0.15, -0.1) is 0 Å². The number of rotatable bonds is 17. The zero-order valence-corrected chi connectivity index (χ0v) is 32.0. The molecule has 1 aliphatic rings. The van der Waals surface area contributed by atoms with Gasteiger partial charge in [0, 0.05) is 64.0 Å². The molecule has 4 heterocycles. The van der Waals surface area contributed by atoms with Crippen LogP contribution in [0.5, 0.6) is 0 Å². The first-order valence-electron chi connectivity index (χ1n) is 17.6. The highest BCUT2D eigenvalue weighted by Crippen LogP contribution is 2.32. The molecule has 1 fully saturated rings. The average molecular weight is 687 g/mol. The van der Waals surface area contributed by atoms with E-state index in [1.54, 1.807) is 0 Å². The van der Waals surface area contributed by atoms with E-state index in [2.05, 4.69) is 74.5 Å². The van der Waals surface area contributed by atoms with Crippen molar-refractivity contribution in [1.29, 1.82) is 0 Å². The van der Waals surface area contributed by atoms with Crippen molar-refractivity contribution in [3.8, 4) is 22.4 Å². The van der Waals surface area contributed by atoms with Crippen LogP contribution in [0.15, 0.2) is 60.9 Å². The Morgan fingerprint density at radius 1 is 0.875 bits per heavy atom. The van der Waals surface area contributed by atoms with E-state index < -0.39 is 16.1 Å². The number of anilines is 1. The highest BCUT2D eigenvalue weighted by Gasteiger charge is 2.27. The third-order valence-electron chi connectivity index (χ3n) is 9.08. The Kier molecular flexibility index (Phi) is 12.7. The molecule has 1 aliphatic heterocycles. The predicted molar refractivity (Wildman–Crippen MR) is 204 cm³/mol. The number of hydrogen-bond donors (Lipinski definition) is 1. The van der Waals surface area contributed by atoms with Crippen LogP contribution in [0, 0.1) is 5.92 Å². The van der Waals surface area contributed by atoms with Crippen LogP contribution in [0.1, 0.15) is 18.5 Å². The topological polar surface area (TPSA) is 100 Å². The van der Waals surface area contributed by atoms with Gasteiger partial charge in [-0.25, -0.2) is 4.98 Å². The van der Waals surface area contributed by atoms with Crippen LogP contribution in [0.3, 0.4) is 0 Å². The monoisotopic (exact) mass is 686 g/mol. The summed E-state index contributed by atoms with van der Waals surface area (Å²) in [6.45, 7) is 17.2. The number of nitrogens with zero attached hydrogens (tertiary/aromatic N) is 5. The molecule has 258 valence electrons. The molecule has 3 aromatic heterocycles. The number of pyridine rings is 1. The molecule has 1 saturated heterocycles. The van der Waals surface area contributed by atoms with Gasteiger partial charge in [-0.1, -0.05) is 88.5 Å². The van der Waals surface area contributed by atoms with Crippen molar-refractivity contribution in [3.05, 3.63) is 66.6 Å². The number of nitrogens with two attached hydrogens (primary N) is 1. The van der Waals surface area contributed by atoms with Crippen molar-refractivity contribution in [1.82, 2.24) is 19.6 Å². The van der Waals surface area contributed by atoms with Crippen molar-refractivity contribution in [2.24, 2.45) is 11.7 Å². The molecule has 0 saturated carbocycles. The number of hydrogen-bond acceptors (Lipinski definition) is 8. The van der Waals surface area contributed by atoms with Gasteiger partial charge < -0.3 is 24.8 Å². The zero-order chi connectivity index (χ0) is 34.1. The fraction of sp³-hybridized carbons (Fsp3) is 0.528. The molecule has 5 rings (SSSR count). The van der Waals surface area contributed by atoms with Crippen LogP contribution in [0.25, 0.3) is 28.0 Å². The minimum absolute atomic E-state index is 0.266. The highest BCUT2D eigenvalue weighted by atomic mass is 28.3. The average Bonchev–Trinajstić information content (AvgIpc) is 3.48. The molecule has 1 aromatic carbocycles. The van der Waals surface area contributed by atoms with E-state index in [4.69, 9.17) is 34.9 Å². The van der Waals surface area contributed by atoms with Gasteiger partial charge >= 0.3 is 0 Å². The van der Waals surface area contributed by atoms with E-state index in [9.17, 15) is 0 Å². The van der Waals surface area contributed by atoms with Gasteiger partial charge in [-0.05, 0) is 43.1 Å². The normalized spacial score (nSPS) is 14.6. The van der Waals surface area contributed by atoms with E-state index in [0.717, 1.165) is 96.7 Å². The second-order valence-electron chi connectivity index (χ2n) is 15.6. The lowest BCUT2D eigenvalue weighted by Gasteiger charge is -2.28. The summed E-state index contributed by atoms with van der Waals surface area (Å²) in [5.41, 5.74) is 11.5. The maximum Gasteiger partial charge on any atom is 0.294 e. The molecule has 9 nitrogen and oxygen atoms in total. The van der Waals surface area contributed by atoms with Gasteiger partial charge in [0.25, 0.3) is 6.92 Å². The first-order valence-corrected chi connectivity index (χ1v) is 25.0. The minimum atomic E-state index is -1.23. The van der Waals surface area contributed by atoms with E-state index in [1.165, 1.54) is 0 Å². The molecular weight excluding hydrogens is 631 g/mol. The van der Waals surface area contributed by atoms with Crippen LogP contribution >= 0.6 is 0 Å². The Labute approximate surface area is 289 Å². The summed E-state index contributed by atoms with van der Waals surface area (Å²) in [6.07, 6.45) is 9.03. The molecule has 0 unspecified atom stereocenters. The second kappa shape index (κ2) is 16.7. The number of aromatic nitrogens is 4. The van der Waals surface area contributed by atoms with Crippen molar-refractivity contribution in [2.45, 2.75) is 83.3 Å². The van der Waals surface area contributed by atoms with Crippen LogP contribution < -0.4 is 10.6 Å². The van der Waals surface area contributed by atoms with E-state index in [0.29, 0.717) is 19.4 Å². The van der Waals surface area contributed by atoms with E-state index in [-0.39, 0.29) is 13.6 Å². The maximum absolute atomic E-state index is 6.34. The summed E-state index contributed by atoms with van der Waals surface area (Å²) in [5, 5.41) is 4.91. The fourth-order valence-electron chi connectivity index (χ4n) is 6.07. The molecule has 0 spiro atoms. The lowest BCUT2D eigenvalue weighted by Crippen LogP contribution is -2.33. The standard InChI is InChI=1S/C36H55BN6O3Si2/c1-47(2,3)20-18-44-27-42(28-45-19-21-48(4,5)6)35-23-32(22-29-14-16-37(17-15-29)46-26-38)41-36-33(25-40-43(35)36)31-12-13-34(39-24-31)30-10-8-7-9-11-30/h7-13,23-25,29H,14-22,26-28,38H2,1-6H3. The van der Waals surface area contributed by atoms with Gasteiger partial charge in [-0.2, -0.15) is 9.61 Å². The molecule has 4 aromatic rings. The Morgan fingerprint density at radius 2 is 1.54 bits per heavy atom. The molecule has 12 heteroatoms. The van der Waals surface area contributed by atoms with Gasteiger partial charge in [0.15, 0.2) is 5.65 Å². The van der Waals surface area contributed by atoms with Crippen molar-refractivity contribution in [3.63, 3.8) is 0 Å². The summed E-state index contributed by atoms with van der Waals surface area (Å²) in [6, 6.07) is 18.9.